The molecule has 1 aromatic carbocycles. The van der Waals surface area contributed by atoms with Crippen LogP contribution in [0.3, 0.4) is 0 Å². The topological polar surface area (TPSA) is 48.1 Å². The quantitative estimate of drug-likeness (QED) is 0.593. The molecule has 0 bridgehead atoms. The first-order chi connectivity index (χ1) is 9.43. The normalized spacial score (nSPS) is 20.9. The Kier molecular flexibility index (Phi) is 4.33. The third-order valence-electron chi connectivity index (χ3n) is 3.20. The number of carbonyl (C=O) groups is 1. The van der Waals surface area contributed by atoms with Crippen LogP contribution in [0.2, 0.25) is 0 Å². The number of rotatable bonds is 6. The van der Waals surface area contributed by atoms with Gasteiger partial charge in [-0.1, -0.05) is 26.0 Å². The molecule has 0 amide bonds. The van der Waals surface area contributed by atoms with Crippen molar-refractivity contribution in [1.82, 2.24) is 0 Å². The summed E-state index contributed by atoms with van der Waals surface area (Å²) in [6.45, 7) is 9.10. The molecule has 0 N–H and O–H groups in total. The average Bonchev–Trinajstić information content (AvgIpc) is 3.15. The van der Waals surface area contributed by atoms with Gasteiger partial charge >= 0.3 is 5.97 Å². The summed E-state index contributed by atoms with van der Waals surface area (Å²) in [7, 11) is 0. The van der Waals surface area contributed by atoms with Crippen molar-refractivity contribution in [3.05, 3.63) is 29.3 Å². The van der Waals surface area contributed by atoms with Crippen LogP contribution in [0.4, 0.5) is 0 Å². The van der Waals surface area contributed by atoms with E-state index in [1.807, 2.05) is 25.1 Å². The second-order valence-corrected chi connectivity index (χ2v) is 5.77. The molecule has 4 nitrogen and oxygen atoms in total. The van der Waals surface area contributed by atoms with Crippen LogP contribution in [0, 0.1) is 12.8 Å². The largest absolute Gasteiger partial charge is 0.493 e. The zero-order valence-corrected chi connectivity index (χ0v) is 12.6. The lowest BCUT2D eigenvalue weighted by molar-refractivity contribution is -0.142. The van der Waals surface area contributed by atoms with E-state index < -0.39 is 5.60 Å². The van der Waals surface area contributed by atoms with E-state index in [1.54, 1.807) is 0 Å². The fourth-order valence-electron chi connectivity index (χ4n) is 2.00. The highest BCUT2D eigenvalue weighted by Crippen LogP contribution is 2.44. The molecular formula is C16H22O4. The number of ether oxygens (including phenoxy) is 3. The molecule has 1 fully saturated rings. The molecule has 4 heteroatoms. The van der Waals surface area contributed by atoms with Crippen molar-refractivity contribution in [2.75, 3.05) is 19.8 Å². The van der Waals surface area contributed by atoms with Gasteiger partial charge in [-0.15, -0.1) is 0 Å². The zero-order chi connectivity index (χ0) is 14.8. The van der Waals surface area contributed by atoms with Crippen LogP contribution in [0.25, 0.3) is 0 Å². The van der Waals surface area contributed by atoms with Gasteiger partial charge in [0, 0.05) is 12.5 Å². The molecule has 0 radical (unpaired) electrons. The molecule has 20 heavy (non-hydrogen) atoms. The Morgan fingerprint density at radius 1 is 1.45 bits per heavy atom. The first-order valence-electron chi connectivity index (χ1n) is 6.94. The number of epoxide rings is 1. The van der Waals surface area contributed by atoms with Crippen LogP contribution in [-0.2, 0) is 19.9 Å². The summed E-state index contributed by atoms with van der Waals surface area (Å²) < 4.78 is 16.6. The second kappa shape index (κ2) is 5.83. The molecule has 1 aliphatic heterocycles. The van der Waals surface area contributed by atoms with Crippen LogP contribution >= 0.6 is 0 Å². The standard InChI is InChI=1S/C16H22O4/c1-11(2)8-18-15-7-12(3)5-6-14(15)16(10-20-16)9-19-13(4)17/h5-7,11H,8-10H2,1-4H3/t16-/m0/s1. The van der Waals surface area contributed by atoms with E-state index in [0.29, 0.717) is 19.1 Å². The lowest BCUT2D eigenvalue weighted by Crippen LogP contribution is -2.20. The van der Waals surface area contributed by atoms with Crippen LogP contribution in [0.15, 0.2) is 18.2 Å². The van der Waals surface area contributed by atoms with Crippen molar-refractivity contribution in [2.24, 2.45) is 5.92 Å². The predicted octanol–water partition coefficient (Wildman–Crippen LogP) is 2.82. The molecule has 0 aromatic heterocycles. The van der Waals surface area contributed by atoms with Gasteiger partial charge in [-0.25, -0.2) is 0 Å². The molecule has 1 aliphatic rings. The van der Waals surface area contributed by atoms with E-state index in [-0.39, 0.29) is 12.6 Å². The Morgan fingerprint density at radius 3 is 2.70 bits per heavy atom. The summed E-state index contributed by atoms with van der Waals surface area (Å²) in [5, 5.41) is 0. The smallest absolute Gasteiger partial charge is 0.302 e. The molecule has 0 spiro atoms. The Bertz CT molecular complexity index is 489. The third kappa shape index (κ3) is 3.51. The minimum Gasteiger partial charge on any atom is -0.493 e. The van der Waals surface area contributed by atoms with Crippen molar-refractivity contribution in [1.29, 1.82) is 0 Å². The number of hydrogen-bond acceptors (Lipinski definition) is 4. The second-order valence-electron chi connectivity index (χ2n) is 5.77. The van der Waals surface area contributed by atoms with Crippen molar-refractivity contribution in [2.45, 2.75) is 33.3 Å². The fourth-order valence-corrected chi connectivity index (χ4v) is 2.00. The van der Waals surface area contributed by atoms with Gasteiger partial charge in [0.25, 0.3) is 0 Å². The van der Waals surface area contributed by atoms with Crippen LogP contribution < -0.4 is 4.74 Å². The van der Waals surface area contributed by atoms with Gasteiger partial charge in [0.1, 0.15) is 12.4 Å². The minimum atomic E-state index is -0.522. The Hall–Kier alpha value is -1.55. The summed E-state index contributed by atoms with van der Waals surface area (Å²) in [4.78, 5) is 11.0. The number of aryl methyl sites for hydroxylation is 1. The molecule has 110 valence electrons. The van der Waals surface area contributed by atoms with Crippen molar-refractivity contribution >= 4 is 5.97 Å². The molecular weight excluding hydrogens is 256 g/mol. The first-order valence-corrected chi connectivity index (χ1v) is 6.94. The van der Waals surface area contributed by atoms with E-state index >= 15 is 0 Å². The van der Waals surface area contributed by atoms with E-state index in [0.717, 1.165) is 16.9 Å². The summed E-state index contributed by atoms with van der Waals surface area (Å²) in [5.41, 5.74) is 1.58. The summed E-state index contributed by atoms with van der Waals surface area (Å²) in [5.74, 6) is 0.980. The van der Waals surface area contributed by atoms with Crippen molar-refractivity contribution < 1.29 is 19.0 Å². The van der Waals surface area contributed by atoms with E-state index in [1.165, 1.54) is 6.92 Å². The Balaban J connectivity index is 2.19. The highest BCUT2D eigenvalue weighted by atomic mass is 16.6. The number of hydrogen-bond donors (Lipinski definition) is 0. The monoisotopic (exact) mass is 278 g/mol. The van der Waals surface area contributed by atoms with E-state index in [2.05, 4.69) is 13.8 Å². The molecule has 1 atom stereocenters. The van der Waals surface area contributed by atoms with E-state index in [9.17, 15) is 4.79 Å². The van der Waals surface area contributed by atoms with Gasteiger partial charge in [-0.3, -0.25) is 4.79 Å². The summed E-state index contributed by atoms with van der Waals surface area (Å²) in [6.07, 6.45) is 0. The Morgan fingerprint density at radius 2 is 2.15 bits per heavy atom. The van der Waals surface area contributed by atoms with Crippen LogP contribution in [0.5, 0.6) is 5.75 Å². The van der Waals surface area contributed by atoms with Gasteiger partial charge in [0.05, 0.1) is 13.2 Å². The van der Waals surface area contributed by atoms with Gasteiger partial charge in [0.15, 0.2) is 5.60 Å². The van der Waals surface area contributed by atoms with Gasteiger partial charge in [0.2, 0.25) is 0 Å². The first kappa shape index (κ1) is 14.9. The molecule has 0 aliphatic carbocycles. The van der Waals surface area contributed by atoms with Crippen molar-refractivity contribution in [3.8, 4) is 5.75 Å². The maximum absolute atomic E-state index is 11.0. The molecule has 1 aromatic rings. The maximum atomic E-state index is 11.0. The Labute approximate surface area is 120 Å². The lowest BCUT2D eigenvalue weighted by atomic mass is 9.98. The zero-order valence-electron chi connectivity index (χ0n) is 12.6. The molecule has 2 rings (SSSR count). The van der Waals surface area contributed by atoms with Gasteiger partial charge < -0.3 is 14.2 Å². The number of benzene rings is 1. The lowest BCUT2D eigenvalue weighted by Gasteiger charge is -2.18. The highest BCUT2D eigenvalue weighted by molar-refractivity contribution is 5.66. The fraction of sp³-hybridized carbons (Fsp3) is 0.562. The highest BCUT2D eigenvalue weighted by Gasteiger charge is 2.49. The molecule has 1 heterocycles. The van der Waals surface area contributed by atoms with Crippen LogP contribution in [0.1, 0.15) is 31.9 Å². The van der Waals surface area contributed by atoms with Gasteiger partial charge in [-0.05, 0) is 24.5 Å². The molecule has 1 saturated heterocycles. The summed E-state index contributed by atoms with van der Waals surface area (Å²) >= 11 is 0. The van der Waals surface area contributed by atoms with Crippen LogP contribution in [-0.4, -0.2) is 25.8 Å². The van der Waals surface area contributed by atoms with E-state index in [4.69, 9.17) is 14.2 Å². The van der Waals surface area contributed by atoms with Gasteiger partial charge in [-0.2, -0.15) is 0 Å². The predicted molar refractivity (Wildman–Crippen MR) is 75.8 cm³/mol. The maximum Gasteiger partial charge on any atom is 0.302 e. The van der Waals surface area contributed by atoms with Crippen molar-refractivity contribution in [3.63, 3.8) is 0 Å². The average molecular weight is 278 g/mol. The summed E-state index contributed by atoms with van der Waals surface area (Å²) in [6, 6.07) is 6.03. The number of esters is 1. The molecule has 0 unspecified atom stereocenters. The minimum absolute atomic E-state index is 0.240. The number of carbonyl (C=O) groups excluding carboxylic acids is 1. The third-order valence-corrected chi connectivity index (χ3v) is 3.20. The SMILES string of the molecule is CC(=O)OC[C@@]1(c2ccc(C)cc2OCC(C)C)CO1. The molecule has 0 saturated carbocycles.